The van der Waals surface area contributed by atoms with Gasteiger partial charge in [-0.1, -0.05) is 197 Å². The number of hydrogen-bond acceptors (Lipinski definition) is 2. The van der Waals surface area contributed by atoms with Gasteiger partial charge in [0.1, 0.15) is 0 Å². The van der Waals surface area contributed by atoms with Crippen LogP contribution in [0.5, 0.6) is 0 Å². The van der Waals surface area contributed by atoms with Crippen LogP contribution in [0.1, 0.15) is 116 Å². The molecule has 0 aliphatic carbocycles. The van der Waals surface area contributed by atoms with E-state index in [0.29, 0.717) is 0 Å². The van der Waals surface area contributed by atoms with E-state index in [0.717, 1.165) is 66.0 Å². The van der Waals surface area contributed by atoms with E-state index in [1.165, 1.54) is 55.7 Å². The summed E-state index contributed by atoms with van der Waals surface area (Å²) in [4.78, 5) is 10.3. The van der Waals surface area contributed by atoms with Crippen molar-refractivity contribution in [1.82, 2.24) is 0 Å². The lowest BCUT2D eigenvalue weighted by atomic mass is 9.89. The Balaban J connectivity index is 0.000000316. The van der Waals surface area contributed by atoms with Crippen LogP contribution in [0.4, 0.5) is 11.4 Å². The van der Waals surface area contributed by atoms with Crippen LogP contribution in [0.25, 0.3) is 11.1 Å². The highest BCUT2D eigenvalue weighted by Gasteiger charge is 2.14. The van der Waals surface area contributed by atoms with Crippen molar-refractivity contribution in [2.45, 2.75) is 101 Å². The molecular formula is C61H70N2. The van der Waals surface area contributed by atoms with E-state index in [1.807, 2.05) is 42.5 Å². The molecule has 0 aromatic heterocycles. The highest BCUT2D eigenvalue weighted by atomic mass is 14.8. The Bertz CT molecular complexity index is 2470. The van der Waals surface area contributed by atoms with Crippen LogP contribution in [0.3, 0.4) is 0 Å². The summed E-state index contributed by atoms with van der Waals surface area (Å²) in [6.45, 7) is 21.7. The molecule has 63 heavy (non-hydrogen) atoms. The third-order valence-electron chi connectivity index (χ3n) is 11.0. The van der Waals surface area contributed by atoms with Crippen molar-refractivity contribution in [1.29, 1.82) is 0 Å². The minimum atomic E-state index is 0.841. The van der Waals surface area contributed by atoms with E-state index in [4.69, 9.17) is 9.98 Å². The largest absolute Gasteiger partial charge is 0.253 e. The first-order chi connectivity index (χ1) is 30.6. The molecule has 0 heterocycles. The van der Waals surface area contributed by atoms with Gasteiger partial charge in [0.2, 0.25) is 0 Å². The van der Waals surface area contributed by atoms with Crippen molar-refractivity contribution in [3.05, 3.63) is 238 Å². The molecule has 2 nitrogen and oxygen atoms in total. The van der Waals surface area contributed by atoms with Crippen LogP contribution in [0.15, 0.2) is 192 Å². The topological polar surface area (TPSA) is 24.7 Å². The predicted octanol–water partition coefficient (Wildman–Crippen LogP) is 17.5. The highest BCUT2D eigenvalue weighted by molar-refractivity contribution is 6.08. The van der Waals surface area contributed by atoms with Gasteiger partial charge in [-0.05, 0) is 153 Å². The van der Waals surface area contributed by atoms with Crippen LogP contribution < -0.4 is 0 Å². The van der Waals surface area contributed by atoms with Crippen molar-refractivity contribution < 1.29 is 0 Å². The molecule has 0 unspecified atom stereocenters. The number of allylic oxidation sites excluding steroid dienone is 2. The van der Waals surface area contributed by atoms with Gasteiger partial charge >= 0.3 is 0 Å². The quantitative estimate of drug-likeness (QED) is 0.0916. The Morgan fingerprint density at radius 2 is 0.937 bits per heavy atom. The summed E-state index contributed by atoms with van der Waals surface area (Å²) < 4.78 is 0. The standard InChI is InChI=1S/C39H44N2.C8H10.2C7H8/c1-8-17-31-20-13-16-23-39(31)40-30(7)33-24-32(29(6)35(9-2)36-21-14-11-18-27(36)4)25-34(26-33)37(10-3)41-38-22-15-12-19-28(38)5;1-2-8-6-4-3-5-7-8;2*1-7-5-3-2-4-6-7/h11-16,18-26H,8-10,17H2,1-7H3;3-7H,2H2,1H3;2*2-6H,1H3/b35-29+,40-30?,41-37?;;;. The lowest BCUT2D eigenvalue weighted by Crippen LogP contribution is -2.05. The second kappa shape index (κ2) is 26.8. The summed E-state index contributed by atoms with van der Waals surface area (Å²) in [5.41, 5.74) is 19.5. The molecule has 0 fully saturated rings. The highest BCUT2D eigenvalue weighted by Crippen LogP contribution is 2.33. The van der Waals surface area contributed by atoms with E-state index >= 15 is 0 Å². The molecule has 0 atom stereocenters. The van der Waals surface area contributed by atoms with Gasteiger partial charge in [-0.15, -0.1) is 0 Å². The second-order valence-electron chi connectivity index (χ2n) is 16.0. The lowest BCUT2D eigenvalue weighted by molar-refractivity contribution is 0.921. The summed E-state index contributed by atoms with van der Waals surface area (Å²) in [5, 5.41) is 0. The first kappa shape index (κ1) is 49.3. The Hall–Kier alpha value is -6.38. The van der Waals surface area contributed by atoms with Gasteiger partial charge in [0.25, 0.3) is 0 Å². The third kappa shape index (κ3) is 16.1. The molecule has 0 saturated carbocycles. The fraction of sp³-hybridized carbons (Fsp3) is 0.246. The lowest BCUT2D eigenvalue weighted by Gasteiger charge is -2.17. The van der Waals surface area contributed by atoms with Crippen LogP contribution >= 0.6 is 0 Å². The maximum Gasteiger partial charge on any atom is 0.0665 e. The molecule has 2 heteroatoms. The van der Waals surface area contributed by atoms with Crippen LogP contribution in [0, 0.1) is 27.7 Å². The molecule has 0 spiro atoms. The van der Waals surface area contributed by atoms with Crippen LogP contribution in [0.2, 0.25) is 0 Å². The number of aryl methyl sites for hydroxylation is 6. The summed E-state index contributed by atoms with van der Waals surface area (Å²) in [5.74, 6) is 0. The van der Waals surface area contributed by atoms with Crippen molar-refractivity contribution >= 4 is 33.9 Å². The molecule has 0 bridgehead atoms. The van der Waals surface area contributed by atoms with Crippen molar-refractivity contribution in [2.75, 3.05) is 0 Å². The molecule has 0 amide bonds. The van der Waals surface area contributed by atoms with Gasteiger partial charge in [0.05, 0.1) is 11.4 Å². The maximum absolute atomic E-state index is 5.17. The minimum Gasteiger partial charge on any atom is -0.253 e. The third-order valence-corrected chi connectivity index (χ3v) is 11.0. The second-order valence-corrected chi connectivity index (χ2v) is 16.0. The first-order valence-electron chi connectivity index (χ1n) is 22.8. The maximum atomic E-state index is 5.17. The SMILES string of the molecule is CCCc1ccccc1N=C(C)c1cc(C(CC)=Nc2ccccc2C)cc(/C(C)=C(\CC)c2ccccc2C)c1.CCc1ccccc1.Cc1ccccc1.Cc1ccccc1. The number of hydrogen-bond donors (Lipinski definition) is 0. The molecule has 0 saturated heterocycles. The normalized spacial score (nSPS) is 11.5. The molecule has 324 valence electrons. The van der Waals surface area contributed by atoms with Crippen molar-refractivity contribution in [3.8, 4) is 0 Å². The molecule has 0 N–H and O–H groups in total. The zero-order valence-electron chi connectivity index (χ0n) is 39.8. The fourth-order valence-corrected chi connectivity index (χ4v) is 7.27. The minimum absolute atomic E-state index is 0.841. The van der Waals surface area contributed by atoms with E-state index in [1.54, 1.807) is 0 Å². The van der Waals surface area contributed by atoms with Crippen molar-refractivity contribution in [3.63, 3.8) is 0 Å². The predicted molar refractivity (Wildman–Crippen MR) is 279 cm³/mol. The zero-order valence-corrected chi connectivity index (χ0v) is 39.8. The monoisotopic (exact) mass is 831 g/mol. The molecule has 0 aliphatic heterocycles. The van der Waals surface area contributed by atoms with Crippen molar-refractivity contribution in [2.24, 2.45) is 9.98 Å². The Morgan fingerprint density at radius 1 is 0.444 bits per heavy atom. The van der Waals surface area contributed by atoms with Gasteiger partial charge in [-0.25, -0.2) is 0 Å². The molecular weight excluding hydrogens is 761 g/mol. The Morgan fingerprint density at radius 3 is 1.43 bits per heavy atom. The average molecular weight is 831 g/mol. The van der Waals surface area contributed by atoms with Gasteiger partial charge in [0, 0.05) is 11.4 Å². The van der Waals surface area contributed by atoms with Gasteiger partial charge in [-0.3, -0.25) is 9.98 Å². The Kier molecular flexibility index (Phi) is 21.0. The number of benzene rings is 7. The zero-order chi connectivity index (χ0) is 45.4. The van der Waals surface area contributed by atoms with E-state index in [-0.39, 0.29) is 0 Å². The number of nitrogens with zero attached hydrogens (tertiary/aromatic N) is 2. The smallest absolute Gasteiger partial charge is 0.0665 e. The number of rotatable bonds is 11. The summed E-state index contributed by atoms with van der Waals surface area (Å²) in [7, 11) is 0. The van der Waals surface area contributed by atoms with Gasteiger partial charge < -0.3 is 0 Å². The van der Waals surface area contributed by atoms with E-state index < -0.39 is 0 Å². The molecule has 0 aliphatic rings. The number of para-hydroxylation sites is 2. The van der Waals surface area contributed by atoms with E-state index in [2.05, 4.69) is 209 Å². The molecule has 7 rings (SSSR count). The van der Waals surface area contributed by atoms with Gasteiger partial charge in [0.15, 0.2) is 0 Å². The summed E-state index contributed by atoms with van der Waals surface area (Å²) in [6, 6.07) is 63.5. The number of aliphatic imine (C=N–C) groups is 2. The molecule has 7 aromatic carbocycles. The van der Waals surface area contributed by atoms with E-state index in [9.17, 15) is 0 Å². The fourth-order valence-electron chi connectivity index (χ4n) is 7.27. The Labute approximate surface area is 381 Å². The molecule has 7 aromatic rings. The molecule has 0 radical (unpaired) electrons. The van der Waals surface area contributed by atoms with Crippen LogP contribution in [-0.2, 0) is 12.8 Å². The summed E-state index contributed by atoms with van der Waals surface area (Å²) >= 11 is 0. The van der Waals surface area contributed by atoms with Crippen LogP contribution in [-0.4, -0.2) is 11.4 Å². The summed E-state index contributed by atoms with van der Waals surface area (Å²) in [6.07, 6.45) is 5.07. The first-order valence-corrected chi connectivity index (χ1v) is 22.8. The van der Waals surface area contributed by atoms with Gasteiger partial charge in [-0.2, -0.15) is 0 Å². The average Bonchev–Trinajstić information content (AvgIpc) is 3.31.